The molecule has 0 fully saturated rings. The minimum atomic E-state index is -1.06. The lowest BCUT2D eigenvalue weighted by Gasteiger charge is -2.14. The van der Waals surface area contributed by atoms with Crippen molar-refractivity contribution in [2.45, 2.75) is 45.1 Å². The van der Waals surface area contributed by atoms with E-state index in [-0.39, 0.29) is 18.8 Å². The average molecular weight is 329 g/mol. The third kappa shape index (κ3) is 7.08. The molecular formula is C16H21F2NO4. The van der Waals surface area contributed by atoms with Crippen LogP contribution in [-0.4, -0.2) is 29.6 Å². The average Bonchev–Trinajstić information content (AvgIpc) is 2.49. The highest BCUT2D eigenvalue weighted by Crippen LogP contribution is 2.17. The van der Waals surface area contributed by atoms with Crippen LogP contribution < -0.4 is 10.1 Å². The van der Waals surface area contributed by atoms with Crippen molar-refractivity contribution in [3.8, 4) is 5.75 Å². The highest BCUT2D eigenvalue weighted by Gasteiger charge is 2.18. The van der Waals surface area contributed by atoms with E-state index in [2.05, 4.69) is 5.32 Å². The Morgan fingerprint density at radius 2 is 2.04 bits per heavy atom. The first-order valence-corrected chi connectivity index (χ1v) is 7.54. The topological polar surface area (TPSA) is 75.6 Å². The third-order valence-corrected chi connectivity index (χ3v) is 3.18. The number of carboxylic acid groups (broad SMARTS) is 1. The van der Waals surface area contributed by atoms with E-state index in [1.807, 2.05) is 6.92 Å². The van der Waals surface area contributed by atoms with Crippen LogP contribution in [0, 0.1) is 11.6 Å². The van der Waals surface area contributed by atoms with Crippen molar-refractivity contribution in [1.82, 2.24) is 5.32 Å². The van der Waals surface area contributed by atoms with E-state index in [1.165, 1.54) is 6.07 Å². The second kappa shape index (κ2) is 9.76. The lowest BCUT2D eigenvalue weighted by molar-refractivity contribution is -0.142. The van der Waals surface area contributed by atoms with Gasteiger partial charge in [0.05, 0.1) is 6.61 Å². The number of benzene rings is 1. The summed E-state index contributed by atoms with van der Waals surface area (Å²) in [6, 6.07) is 2.08. The maximum atomic E-state index is 13.3. The number of hydrogen-bond acceptors (Lipinski definition) is 3. The molecule has 23 heavy (non-hydrogen) atoms. The molecule has 0 aliphatic heterocycles. The van der Waals surface area contributed by atoms with Gasteiger partial charge in [0.15, 0.2) is 11.6 Å². The molecule has 5 nitrogen and oxygen atoms in total. The van der Waals surface area contributed by atoms with Crippen LogP contribution in [0.4, 0.5) is 8.78 Å². The number of carbonyl (C=O) groups excluding carboxylic acids is 1. The number of halogens is 2. The lowest BCUT2D eigenvalue weighted by Crippen LogP contribution is -2.40. The maximum Gasteiger partial charge on any atom is 0.326 e. The molecule has 1 atom stereocenters. The summed E-state index contributed by atoms with van der Waals surface area (Å²) in [6.45, 7) is 2.01. The van der Waals surface area contributed by atoms with Crippen LogP contribution in [0.15, 0.2) is 18.2 Å². The minimum absolute atomic E-state index is 0.0682. The molecule has 0 saturated heterocycles. The quantitative estimate of drug-likeness (QED) is 0.647. The van der Waals surface area contributed by atoms with Crippen molar-refractivity contribution < 1.29 is 28.2 Å². The van der Waals surface area contributed by atoms with E-state index in [0.717, 1.165) is 12.5 Å². The Balaban J connectivity index is 2.31. The zero-order valence-corrected chi connectivity index (χ0v) is 13.0. The number of amides is 1. The highest BCUT2D eigenvalue weighted by atomic mass is 19.1. The van der Waals surface area contributed by atoms with Gasteiger partial charge in [-0.15, -0.1) is 0 Å². The molecule has 0 aliphatic carbocycles. The second-order valence-electron chi connectivity index (χ2n) is 5.13. The van der Waals surface area contributed by atoms with Crippen LogP contribution in [0.3, 0.4) is 0 Å². The zero-order valence-electron chi connectivity index (χ0n) is 13.0. The first-order chi connectivity index (χ1) is 10.9. The van der Waals surface area contributed by atoms with Gasteiger partial charge in [0.25, 0.3) is 0 Å². The molecule has 128 valence electrons. The Kier molecular flexibility index (Phi) is 8.01. The van der Waals surface area contributed by atoms with E-state index >= 15 is 0 Å². The Morgan fingerprint density at radius 3 is 2.65 bits per heavy atom. The van der Waals surface area contributed by atoms with Gasteiger partial charge in [-0.1, -0.05) is 19.8 Å². The fourth-order valence-corrected chi connectivity index (χ4v) is 1.94. The molecule has 0 bridgehead atoms. The zero-order chi connectivity index (χ0) is 17.2. The van der Waals surface area contributed by atoms with E-state index in [0.29, 0.717) is 25.3 Å². The van der Waals surface area contributed by atoms with Gasteiger partial charge in [-0.2, -0.15) is 0 Å². The molecule has 0 radical (unpaired) electrons. The molecule has 2 N–H and O–H groups in total. The number of rotatable bonds is 10. The number of hydrogen-bond donors (Lipinski definition) is 2. The van der Waals surface area contributed by atoms with Crippen molar-refractivity contribution in [3.63, 3.8) is 0 Å². The number of nitrogens with one attached hydrogen (secondary N) is 1. The molecule has 0 unspecified atom stereocenters. The van der Waals surface area contributed by atoms with E-state index in [1.54, 1.807) is 0 Å². The van der Waals surface area contributed by atoms with Crippen LogP contribution in [0.2, 0.25) is 0 Å². The molecule has 1 aromatic rings. The maximum absolute atomic E-state index is 13.3. The summed E-state index contributed by atoms with van der Waals surface area (Å²) in [7, 11) is 0. The van der Waals surface area contributed by atoms with Crippen molar-refractivity contribution >= 4 is 11.9 Å². The number of aliphatic carboxylic acids is 1. The predicted octanol–water partition coefficient (Wildman–Crippen LogP) is 2.88. The number of ether oxygens (including phenoxy) is 1. The summed E-state index contributed by atoms with van der Waals surface area (Å²) in [5.74, 6) is -3.03. The van der Waals surface area contributed by atoms with Crippen molar-refractivity contribution in [1.29, 1.82) is 0 Å². The minimum Gasteiger partial charge on any atom is -0.491 e. The lowest BCUT2D eigenvalue weighted by atomic mass is 10.1. The normalized spacial score (nSPS) is 11.8. The van der Waals surface area contributed by atoms with Crippen LogP contribution in [-0.2, 0) is 9.59 Å². The Labute approximate surface area is 133 Å². The summed E-state index contributed by atoms with van der Waals surface area (Å²) >= 11 is 0. The monoisotopic (exact) mass is 329 g/mol. The van der Waals surface area contributed by atoms with Crippen LogP contribution in [0.25, 0.3) is 0 Å². The van der Waals surface area contributed by atoms with E-state index < -0.39 is 29.6 Å². The smallest absolute Gasteiger partial charge is 0.326 e. The molecule has 0 saturated carbocycles. The van der Waals surface area contributed by atoms with Gasteiger partial charge in [-0.3, -0.25) is 4.79 Å². The molecule has 1 aromatic carbocycles. The third-order valence-electron chi connectivity index (χ3n) is 3.18. The largest absolute Gasteiger partial charge is 0.491 e. The predicted molar refractivity (Wildman–Crippen MR) is 80.2 cm³/mol. The van der Waals surface area contributed by atoms with Crippen molar-refractivity contribution in [2.24, 2.45) is 0 Å². The number of carboxylic acids is 1. The van der Waals surface area contributed by atoms with Crippen molar-refractivity contribution in [2.75, 3.05) is 6.61 Å². The Bertz CT molecular complexity index is 537. The van der Waals surface area contributed by atoms with Gasteiger partial charge < -0.3 is 15.2 Å². The Hall–Kier alpha value is -2.18. The van der Waals surface area contributed by atoms with Crippen LogP contribution in [0.5, 0.6) is 5.75 Å². The molecule has 1 rings (SSSR count). The SMILES string of the molecule is CCCC[C@H](NC(=O)CCCOc1ccc(F)cc1F)C(=O)O. The first kappa shape index (κ1) is 18.9. The van der Waals surface area contributed by atoms with Gasteiger partial charge in [0.1, 0.15) is 11.9 Å². The molecule has 0 heterocycles. The van der Waals surface area contributed by atoms with E-state index in [9.17, 15) is 18.4 Å². The van der Waals surface area contributed by atoms with Gasteiger partial charge in [0, 0.05) is 12.5 Å². The standard InChI is InChI=1S/C16H21F2NO4/c1-2-3-5-13(16(21)22)19-15(20)6-4-9-23-14-8-7-11(17)10-12(14)18/h7-8,10,13H,2-6,9H2,1H3,(H,19,20)(H,21,22)/t13-/m0/s1. The highest BCUT2D eigenvalue weighted by molar-refractivity contribution is 5.83. The summed E-state index contributed by atoms with van der Waals surface area (Å²) in [6.07, 6.45) is 2.30. The fourth-order valence-electron chi connectivity index (χ4n) is 1.94. The van der Waals surface area contributed by atoms with Gasteiger partial charge in [-0.05, 0) is 25.0 Å². The summed E-state index contributed by atoms with van der Waals surface area (Å²) < 4.78 is 31.1. The fraction of sp³-hybridized carbons (Fsp3) is 0.500. The van der Waals surface area contributed by atoms with Gasteiger partial charge in [-0.25, -0.2) is 13.6 Å². The number of unbranched alkanes of at least 4 members (excludes halogenated alkanes) is 1. The summed E-state index contributed by atoms with van der Waals surface area (Å²) in [5, 5.41) is 11.5. The van der Waals surface area contributed by atoms with Gasteiger partial charge >= 0.3 is 5.97 Å². The Morgan fingerprint density at radius 1 is 1.30 bits per heavy atom. The molecule has 7 heteroatoms. The molecule has 0 aliphatic rings. The second-order valence-corrected chi connectivity index (χ2v) is 5.13. The molecule has 1 amide bonds. The van der Waals surface area contributed by atoms with Gasteiger partial charge in [0.2, 0.25) is 5.91 Å². The molecule has 0 aromatic heterocycles. The summed E-state index contributed by atoms with van der Waals surface area (Å²) in [4.78, 5) is 22.7. The number of carbonyl (C=O) groups is 2. The molecule has 0 spiro atoms. The first-order valence-electron chi connectivity index (χ1n) is 7.54. The molecular weight excluding hydrogens is 308 g/mol. The van der Waals surface area contributed by atoms with Crippen LogP contribution >= 0.6 is 0 Å². The summed E-state index contributed by atoms with van der Waals surface area (Å²) in [5.41, 5.74) is 0. The van der Waals surface area contributed by atoms with Crippen LogP contribution in [0.1, 0.15) is 39.0 Å². The van der Waals surface area contributed by atoms with Crippen molar-refractivity contribution in [3.05, 3.63) is 29.8 Å². The van der Waals surface area contributed by atoms with E-state index in [4.69, 9.17) is 9.84 Å².